The van der Waals surface area contributed by atoms with E-state index in [0.717, 1.165) is 30.0 Å². The molecule has 4 aromatic heterocycles. The molecule has 0 unspecified atom stereocenters. The molecule has 0 saturated carbocycles. The van der Waals surface area contributed by atoms with Crippen LogP contribution in [-0.2, 0) is 0 Å². The minimum Gasteiger partial charge on any atom is -0.472 e. The van der Waals surface area contributed by atoms with Crippen molar-refractivity contribution >= 4 is 11.5 Å². The minimum absolute atomic E-state index is 0.274. The van der Waals surface area contributed by atoms with Crippen LogP contribution < -0.4 is 4.90 Å². The standard InChI is InChI=1S/C23H18F2N6O/c24-17-3-4-19(25)18(10-17)20-2-1-7-29(20)22-5-8-30-23(28-22)21(12-27-30)31-13-16(11-26-31)15-6-9-32-14-15/h3-6,8-14,20H,1-2,7H2/t20-/m1/s1. The first kappa shape index (κ1) is 18.7. The summed E-state index contributed by atoms with van der Waals surface area (Å²) < 4.78 is 36.8. The first-order chi connectivity index (χ1) is 15.7. The Morgan fingerprint density at radius 1 is 1.03 bits per heavy atom. The molecule has 0 radical (unpaired) electrons. The molecule has 0 bridgehead atoms. The predicted molar refractivity (Wildman–Crippen MR) is 113 cm³/mol. The first-order valence-electron chi connectivity index (χ1n) is 10.3. The van der Waals surface area contributed by atoms with Gasteiger partial charge in [-0.05, 0) is 43.2 Å². The maximum Gasteiger partial charge on any atom is 0.183 e. The normalized spacial score (nSPS) is 16.3. The average Bonchev–Trinajstić information content (AvgIpc) is 3.60. The Morgan fingerprint density at radius 3 is 2.84 bits per heavy atom. The summed E-state index contributed by atoms with van der Waals surface area (Å²) in [6.45, 7) is 0.708. The Morgan fingerprint density at radius 2 is 1.97 bits per heavy atom. The third-order valence-corrected chi connectivity index (χ3v) is 5.88. The number of rotatable bonds is 4. The summed E-state index contributed by atoms with van der Waals surface area (Å²) in [4.78, 5) is 6.85. The summed E-state index contributed by atoms with van der Waals surface area (Å²) in [5.74, 6) is -0.160. The Bertz CT molecular complexity index is 1410. The van der Waals surface area contributed by atoms with Gasteiger partial charge in [0.05, 0.1) is 31.0 Å². The van der Waals surface area contributed by atoms with Gasteiger partial charge in [-0.25, -0.2) is 23.0 Å². The van der Waals surface area contributed by atoms with Crippen molar-refractivity contribution in [3.8, 4) is 16.8 Å². The molecule has 1 aromatic carbocycles. The maximum atomic E-state index is 14.5. The van der Waals surface area contributed by atoms with Gasteiger partial charge in [-0.15, -0.1) is 0 Å². The number of halogens is 2. The van der Waals surface area contributed by atoms with Crippen molar-refractivity contribution in [2.75, 3.05) is 11.4 Å². The molecule has 7 nitrogen and oxygen atoms in total. The quantitative estimate of drug-likeness (QED) is 0.408. The number of hydrogen-bond acceptors (Lipinski definition) is 5. The molecule has 6 rings (SSSR count). The lowest BCUT2D eigenvalue weighted by molar-refractivity contribution is 0.560. The first-order valence-corrected chi connectivity index (χ1v) is 10.3. The lowest BCUT2D eigenvalue weighted by atomic mass is 10.0. The number of benzene rings is 1. The van der Waals surface area contributed by atoms with Gasteiger partial charge in [-0.1, -0.05) is 0 Å². The van der Waals surface area contributed by atoms with Crippen molar-refractivity contribution in [3.05, 3.63) is 84.8 Å². The highest BCUT2D eigenvalue weighted by molar-refractivity contribution is 5.64. The molecule has 1 atom stereocenters. The van der Waals surface area contributed by atoms with Crippen LogP contribution in [0, 0.1) is 11.6 Å². The Kier molecular flexibility index (Phi) is 4.27. The molecule has 0 spiro atoms. The van der Waals surface area contributed by atoms with E-state index in [1.807, 2.05) is 29.4 Å². The lowest BCUT2D eigenvalue weighted by Gasteiger charge is -2.26. The third-order valence-electron chi connectivity index (χ3n) is 5.88. The van der Waals surface area contributed by atoms with Crippen LogP contribution in [0.15, 0.2) is 72.1 Å². The molecule has 1 fully saturated rings. The van der Waals surface area contributed by atoms with Gasteiger partial charge in [0, 0.05) is 35.6 Å². The molecule has 5 aromatic rings. The van der Waals surface area contributed by atoms with Gasteiger partial charge >= 0.3 is 0 Å². The second-order valence-electron chi connectivity index (χ2n) is 7.79. The van der Waals surface area contributed by atoms with Gasteiger partial charge in [-0.3, -0.25) is 0 Å². The van der Waals surface area contributed by atoms with Crippen molar-refractivity contribution in [1.29, 1.82) is 0 Å². The fourth-order valence-corrected chi connectivity index (χ4v) is 4.34. The van der Waals surface area contributed by atoms with E-state index in [0.29, 0.717) is 29.3 Å². The molecule has 1 saturated heterocycles. The van der Waals surface area contributed by atoms with Crippen molar-refractivity contribution in [1.82, 2.24) is 24.4 Å². The van der Waals surface area contributed by atoms with E-state index in [-0.39, 0.29) is 6.04 Å². The summed E-state index contributed by atoms with van der Waals surface area (Å²) in [6, 6.07) is 7.05. The van der Waals surface area contributed by atoms with Gasteiger partial charge in [0.25, 0.3) is 0 Å². The zero-order chi connectivity index (χ0) is 21.7. The number of anilines is 1. The van der Waals surface area contributed by atoms with Gasteiger partial charge in [0.2, 0.25) is 0 Å². The summed E-state index contributed by atoms with van der Waals surface area (Å²) in [6.07, 6.45) is 12.0. The molecule has 32 heavy (non-hydrogen) atoms. The molecule has 1 aliphatic heterocycles. The van der Waals surface area contributed by atoms with Crippen LogP contribution in [-0.4, -0.2) is 30.9 Å². The molecule has 160 valence electrons. The Hall–Kier alpha value is -4.01. The largest absolute Gasteiger partial charge is 0.472 e. The second kappa shape index (κ2) is 7.30. The van der Waals surface area contributed by atoms with Crippen LogP contribution in [0.5, 0.6) is 0 Å². The molecule has 9 heteroatoms. The zero-order valence-corrected chi connectivity index (χ0v) is 16.9. The van der Waals surface area contributed by atoms with Gasteiger partial charge in [0.1, 0.15) is 23.1 Å². The van der Waals surface area contributed by atoms with Crippen LogP contribution in [0.25, 0.3) is 22.5 Å². The zero-order valence-electron chi connectivity index (χ0n) is 16.9. The lowest BCUT2D eigenvalue weighted by Crippen LogP contribution is -2.24. The molecule has 1 aliphatic rings. The smallest absolute Gasteiger partial charge is 0.183 e. The van der Waals surface area contributed by atoms with Crippen LogP contribution in [0.3, 0.4) is 0 Å². The molecular formula is C23H18F2N6O. The highest BCUT2D eigenvalue weighted by Gasteiger charge is 2.30. The van der Waals surface area contributed by atoms with Gasteiger partial charge in [-0.2, -0.15) is 10.2 Å². The fourth-order valence-electron chi connectivity index (χ4n) is 4.34. The topological polar surface area (TPSA) is 64.4 Å². The number of fused-ring (bicyclic) bond motifs is 1. The number of nitrogens with zero attached hydrogens (tertiary/aromatic N) is 6. The predicted octanol–water partition coefficient (Wildman–Crippen LogP) is 4.79. The summed E-state index contributed by atoms with van der Waals surface area (Å²) >= 11 is 0. The highest BCUT2D eigenvalue weighted by Crippen LogP contribution is 2.37. The summed E-state index contributed by atoms with van der Waals surface area (Å²) in [5, 5.41) is 8.84. The van der Waals surface area contributed by atoms with Crippen LogP contribution >= 0.6 is 0 Å². The Balaban J connectivity index is 1.39. The number of aromatic nitrogens is 5. The van der Waals surface area contributed by atoms with Crippen LogP contribution in [0.2, 0.25) is 0 Å². The van der Waals surface area contributed by atoms with E-state index in [4.69, 9.17) is 9.40 Å². The van der Waals surface area contributed by atoms with Crippen molar-refractivity contribution < 1.29 is 13.2 Å². The van der Waals surface area contributed by atoms with E-state index >= 15 is 0 Å². The van der Waals surface area contributed by atoms with Crippen molar-refractivity contribution in [2.24, 2.45) is 0 Å². The molecular weight excluding hydrogens is 414 g/mol. The Labute approximate surface area is 181 Å². The molecule has 0 N–H and O–H groups in total. The van der Waals surface area contributed by atoms with E-state index < -0.39 is 11.6 Å². The van der Waals surface area contributed by atoms with E-state index in [1.54, 1.807) is 34.1 Å². The van der Waals surface area contributed by atoms with E-state index in [2.05, 4.69) is 10.2 Å². The van der Waals surface area contributed by atoms with Crippen molar-refractivity contribution in [2.45, 2.75) is 18.9 Å². The monoisotopic (exact) mass is 432 g/mol. The van der Waals surface area contributed by atoms with Crippen molar-refractivity contribution in [3.63, 3.8) is 0 Å². The van der Waals surface area contributed by atoms with Crippen LogP contribution in [0.4, 0.5) is 14.6 Å². The number of hydrogen-bond donors (Lipinski definition) is 0. The third kappa shape index (κ3) is 3.05. The van der Waals surface area contributed by atoms with E-state index in [9.17, 15) is 8.78 Å². The molecule has 5 heterocycles. The SMILES string of the molecule is Fc1ccc(F)c([C@H]2CCCN2c2ccn3ncc(-n4cc(-c5ccoc5)cn4)c3n2)c1. The maximum absolute atomic E-state index is 14.5. The highest BCUT2D eigenvalue weighted by atomic mass is 19.1. The molecule has 0 amide bonds. The van der Waals surface area contributed by atoms with Gasteiger partial charge < -0.3 is 9.32 Å². The average molecular weight is 432 g/mol. The molecule has 0 aliphatic carbocycles. The number of furan rings is 1. The summed E-state index contributed by atoms with van der Waals surface area (Å²) in [7, 11) is 0. The van der Waals surface area contributed by atoms with E-state index in [1.165, 1.54) is 12.1 Å². The van der Waals surface area contributed by atoms with Gasteiger partial charge in [0.15, 0.2) is 5.65 Å². The van der Waals surface area contributed by atoms with Crippen LogP contribution in [0.1, 0.15) is 24.4 Å². The second-order valence-corrected chi connectivity index (χ2v) is 7.79. The minimum atomic E-state index is -0.443. The fraction of sp³-hybridized carbons (Fsp3) is 0.174. The summed E-state index contributed by atoms with van der Waals surface area (Å²) in [5.41, 5.74) is 3.53.